The normalized spacial score (nSPS) is 20.1. The highest BCUT2D eigenvalue weighted by Crippen LogP contribution is 2.20. The molecule has 8 heteroatoms. The van der Waals surface area contributed by atoms with Gasteiger partial charge in [-0.1, -0.05) is 12.1 Å². The SMILES string of the molecule is CCNC(=NCC1CCN(Cc2ccc(OC)cc2)CC1)NCCCOC1CCOC1.I. The number of halogens is 1. The second-order valence-electron chi connectivity index (χ2n) is 8.42. The molecule has 2 N–H and O–H groups in total. The van der Waals surface area contributed by atoms with Gasteiger partial charge in [0.15, 0.2) is 5.96 Å². The molecule has 0 radical (unpaired) electrons. The number of benzene rings is 1. The molecule has 7 nitrogen and oxygen atoms in total. The van der Waals surface area contributed by atoms with Crippen LogP contribution >= 0.6 is 24.0 Å². The highest BCUT2D eigenvalue weighted by molar-refractivity contribution is 14.0. The van der Waals surface area contributed by atoms with Gasteiger partial charge in [-0.2, -0.15) is 0 Å². The molecule has 0 aliphatic carbocycles. The van der Waals surface area contributed by atoms with Crippen LogP contribution in [0.25, 0.3) is 0 Å². The summed E-state index contributed by atoms with van der Waals surface area (Å²) < 4.78 is 16.4. The van der Waals surface area contributed by atoms with Crippen molar-refractivity contribution in [2.75, 3.05) is 59.7 Å². The number of likely N-dealkylation sites (tertiary alicyclic amines) is 1. The molecule has 0 spiro atoms. The lowest BCUT2D eigenvalue weighted by Crippen LogP contribution is -2.39. The zero-order valence-electron chi connectivity index (χ0n) is 19.7. The van der Waals surface area contributed by atoms with Crippen LogP contribution in [0.5, 0.6) is 5.75 Å². The van der Waals surface area contributed by atoms with Gasteiger partial charge in [-0.3, -0.25) is 9.89 Å². The van der Waals surface area contributed by atoms with Crippen LogP contribution in [-0.4, -0.2) is 76.6 Å². The molecule has 32 heavy (non-hydrogen) atoms. The average molecular weight is 561 g/mol. The topological polar surface area (TPSA) is 67.4 Å². The molecule has 1 atom stereocenters. The summed E-state index contributed by atoms with van der Waals surface area (Å²) in [7, 11) is 1.71. The van der Waals surface area contributed by atoms with E-state index in [9.17, 15) is 0 Å². The molecule has 2 aliphatic heterocycles. The molecular formula is C24H41IN4O3. The second-order valence-corrected chi connectivity index (χ2v) is 8.42. The number of piperidine rings is 1. The number of ether oxygens (including phenoxy) is 3. The molecule has 182 valence electrons. The van der Waals surface area contributed by atoms with Crippen LogP contribution in [0.2, 0.25) is 0 Å². The van der Waals surface area contributed by atoms with Crippen molar-refractivity contribution in [3.05, 3.63) is 29.8 Å². The van der Waals surface area contributed by atoms with Gasteiger partial charge in [0.25, 0.3) is 0 Å². The maximum Gasteiger partial charge on any atom is 0.191 e. The van der Waals surface area contributed by atoms with Crippen LogP contribution in [0.3, 0.4) is 0 Å². The molecule has 2 heterocycles. The first-order valence-corrected chi connectivity index (χ1v) is 11.8. The monoisotopic (exact) mass is 560 g/mol. The van der Waals surface area contributed by atoms with E-state index in [1.165, 1.54) is 18.4 Å². The average Bonchev–Trinajstić information content (AvgIpc) is 3.32. The van der Waals surface area contributed by atoms with E-state index < -0.39 is 0 Å². The number of nitrogens with one attached hydrogen (secondary N) is 2. The van der Waals surface area contributed by atoms with Crippen LogP contribution in [0.4, 0.5) is 0 Å². The van der Waals surface area contributed by atoms with Gasteiger partial charge in [-0.15, -0.1) is 24.0 Å². The van der Waals surface area contributed by atoms with Crippen molar-refractivity contribution in [3.63, 3.8) is 0 Å². The van der Waals surface area contributed by atoms with E-state index in [-0.39, 0.29) is 30.1 Å². The summed E-state index contributed by atoms with van der Waals surface area (Å²) in [5, 5.41) is 6.81. The van der Waals surface area contributed by atoms with Gasteiger partial charge in [-0.05, 0) is 69.3 Å². The molecule has 2 aliphatic rings. The largest absolute Gasteiger partial charge is 0.497 e. The minimum absolute atomic E-state index is 0. The van der Waals surface area contributed by atoms with E-state index in [2.05, 4.69) is 34.6 Å². The van der Waals surface area contributed by atoms with E-state index in [0.717, 1.165) is 83.6 Å². The molecule has 2 saturated heterocycles. The van der Waals surface area contributed by atoms with E-state index in [1.54, 1.807) is 7.11 Å². The van der Waals surface area contributed by atoms with Crippen LogP contribution in [0, 0.1) is 5.92 Å². The fourth-order valence-electron chi connectivity index (χ4n) is 4.05. The van der Waals surface area contributed by atoms with Gasteiger partial charge in [0, 0.05) is 39.4 Å². The third-order valence-corrected chi connectivity index (χ3v) is 5.98. The maximum atomic E-state index is 5.83. The van der Waals surface area contributed by atoms with Crippen molar-refractivity contribution in [2.24, 2.45) is 10.9 Å². The van der Waals surface area contributed by atoms with Crippen LogP contribution in [-0.2, 0) is 16.0 Å². The Kier molecular flexibility index (Phi) is 13.3. The fraction of sp³-hybridized carbons (Fsp3) is 0.708. The van der Waals surface area contributed by atoms with E-state index >= 15 is 0 Å². The fourth-order valence-corrected chi connectivity index (χ4v) is 4.05. The molecule has 3 rings (SSSR count). The quantitative estimate of drug-likeness (QED) is 0.188. The minimum atomic E-state index is 0. The van der Waals surface area contributed by atoms with Gasteiger partial charge in [-0.25, -0.2) is 0 Å². The van der Waals surface area contributed by atoms with E-state index in [4.69, 9.17) is 19.2 Å². The summed E-state index contributed by atoms with van der Waals surface area (Å²) in [5.74, 6) is 2.50. The van der Waals surface area contributed by atoms with E-state index in [1.807, 2.05) is 12.1 Å². The Morgan fingerprint density at radius 3 is 2.59 bits per heavy atom. The molecule has 1 unspecified atom stereocenters. The first-order valence-electron chi connectivity index (χ1n) is 11.8. The zero-order valence-corrected chi connectivity index (χ0v) is 22.0. The van der Waals surface area contributed by atoms with Crippen molar-refractivity contribution in [3.8, 4) is 5.75 Å². The molecule has 1 aromatic carbocycles. The van der Waals surface area contributed by atoms with Crippen molar-refractivity contribution in [1.82, 2.24) is 15.5 Å². The lowest BCUT2D eigenvalue weighted by molar-refractivity contribution is 0.0420. The first-order chi connectivity index (χ1) is 15.3. The summed E-state index contributed by atoms with van der Waals surface area (Å²) in [6.07, 6.45) is 4.70. The van der Waals surface area contributed by atoms with Crippen molar-refractivity contribution in [1.29, 1.82) is 0 Å². The smallest absolute Gasteiger partial charge is 0.191 e. The van der Waals surface area contributed by atoms with Gasteiger partial charge < -0.3 is 24.8 Å². The molecular weight excluding hydrogens is 519 g/mol. The summed E-state index contributed by atoms with van der Waals surface area (Å²) >= 11 is 0. The summed E-state index contributed by atoms with van der Waals surface area (Å²) in [5.41, 5.74) is 1.35. The highest BCUT2D eigenvalue weighted by atomic mass is 127. The summed E-state index contributed by atoms with van der Waals surface area (Å²) in [6, 6.07) is 8.41. The number of guanidine groups is 1. The number of rotatable bonds is 11. The van der Waals surface area contributed by atoms with Crippen LogP contribution in [0.1, 0.15) is 38.2 Å². The van der Waals surface area contributed by atoms with Crippen molar-refractivity contribution in [2.45, 2.75) is 45.3 Å². The Labute approximate surface area is 210 Å². The predicted octanol–water partition coefficient (Wildman–Crippen LogP) is 3.28. The molecule has 2 fully saturated rings. The molecule has 0 saturated carbocycles. The third-order valence-electron chi connectivity index (χ3n) is 5.98. The standard InChI is InChI=1S/C24H40N4O3.HI/c1-3-25-24(26-12-4-15-31-23-11-16-30-19-23)27-17-20-9-13-28(14-10-20)18-21-5-7-22(29-2)8-6-21;/h5-8,20,23H,3-4,9-19H2,1-2H3,(H2,25,26,27);1H. The molecule has 1 aromatic rings. The third kappa shape index (κ3) is 9.80. The minimum Gasteiger partial charge on any atom is -0.497 e. The van der Waals surface area contributed by atoms with Gasteiger partial charge in [0.2, 0.25) is 0 Å². The Balaban J connectivity index is 0.00000363. The Morgan fingerprint density at radius 2 is 1.94 bits per heavy atom. The summed E-state index contributed by atoms with van der Waals surface area (Å²) in [6.45, 7) is 10.4. The number of hydrogen-bond donors (Lipinski definition) is 2. The van der Waals surface area contributed by atoms with Crippen molar-refractivity contribution >= 4 is 29.9 Å². The Hall–Kier alpha value is -1.10. The molecule has 0 aromatic heterocycles. The number of methoxy groups -OCH3 is 1. The van der Waals surface area contributed by atoms with Crippen molar-refractivity contribution < 1.29 is 14.2 Å². The number of aliphatic imine (C=N–C) groups is 1. The maximum absolute atomic E-state index is 5.83. The predicted molar refractivity (Wildman–Crippen MR) is 140 cm³/mol. The lowest BCUT2D eigenvalue weighted by Gasteiger charge is -2.31. The van der Waals surface area contributed by atoms with Gasteiger partial charge in [0.1, 0.15) is 5.75 Å². The molecule has 0 bridgehead atoms. The van der Waals surface area contributed by atoms with E-state index in [0.29, 0.717) is 5.92 Å². The Morgan fingerprint density at radius 1 is 1.16 bits per heavy atom. The zero-order chi connectivity index (χ0) is 21.7. The molecule has 0 amide bonds. The van der Waals surface area contributed by atoms with Crippen LogP contribution < -0.4 is 15.4 Å². The second kappa shape index (κ2) is 15.7. The van der Waals surface area contributed by atoms with Gasteiger partial charge in [0.05, 0.1) is 19.8 Å². The Bertz CT molecular complexity index is 645. The van der Waals surface area contributed by atoms with Crippen LogP contribution in [0.15, 0.2) is 29.3 Å². The lowest BCUT2D eigenvalue weighted by atomic mass is 9.96. The number of hydrogen-bond acceptors (Lipinski definition) is 5. The summed E-state index contributed by atoms with van der Waals surface area (Å²) in [4.78, 5) is 7.38. The van der Waals surface area contributed by atoms with Gasteiger partial charge >= 0.3 is 0 Å². The first kappa shape index (κ1) is 27.1. The highest BCUT2D eigenvalue weighted by Gasteiger charge is 2.19. The number of nitrogens with zero attached hydrogens (tertiary/aromatic N) is 2.